The van der Waals surface area contributed by atoms with Gasteiger partial charge in [-0.1, -0.05) is 54.5 Å². The van der Waals surface area contributed by atoms with Gasteiger partial charge in [-0.15, -0.1) is 0 Å². The normalized spacial score (nSPS) is 11.9. The van der Waals surface area contributed by atoms with Crippen molar-refractivity contribution in [1.29, 1.82) is 0 Å². The number of nitrogens with zero attached hydrogens (tertiary/aromatic N) is 2. The molecular weight excluding hydrogens is 366 g/mol. The van der Waals surface area contributed by atoms with Crippen LogP contribution in [0.2, 0.25) is 0 Å². The average Bonchev–Trinajstić information content (AvgIpc) is 3.34. The van der Waals surface area contributed by atoms with Gasteiger partial charge in [0.1, 0.15) is 0 Å². The highest BCUT2D eigenvalue weighted by molar-refractivity contribution is 6.04. The third-order valence-corrected chi connectivity index (χ3v) is 4.55. The molecule has 3 N–H and O–H groups in total. The van der Waals surface area contributed by atoms with E-state index in [1.807, 2.05) is 60.7 Å². The molecule has 3 aromatic rings. The number of benzene rings is 2. The van der Waals surface area contributed by atoms with Crippen LogP contribution in [0.4, 0.5) is 10.6 Å². The molecule has 1 aliphatic heterocycles. The number of H-pyrrole nitrogens is 1. The Bertz CT molecular complexity index is 1080. The topological polar surface area (TPSA) is 90.1 Å². The maximum atomic E-state index is 12.4. The number of amides is 3. The molecule has 2 aromatic carbocycles. The number of rotatable bonds is 3. The molecule has 0 saturated carbocycles. The number of urea groups is 1. The highest BCUT2D eigenvalue weighted by atomic mass is 16.2. The molecule has 0 fully saturated rings. The smallest absolute Gasteiger partial charge is 0.318 e. The maximum absolute atomic E-state index is 12.4. The minimum atomic E-state index is -0.449. The standard InChI is InChI=1S/C22H19N5O2/c28-20(12-11-16-7-3-1-4-8-16)24-21-18-14-27(15-19(18)25-26-21)22(29)23-13-17-9-5-2-6-10-17/h1-10H,13-15H2,(H,23,29)(H2,24,25,26,28). The van der Waals surface area contributed by atoms with Crippen molar-refractivity contribution in [3.63, 3.8) is 0 Å². The van der Waals surface area contributed by atoms with Crippen LogP contribution in [0.3, 0.4) is 0 Å². The van der Waals surface area contributed by atoms with E-state index in [4.69, 9.17) is 0 Å². The van der Waals surface area contributed by atoms with Crippen molar-refractivity contribution in [1.82, 2.24) is 20.4 Å². The van der Waals surface area contributed by atoms with Gasteiger partial charge in [0, 0.05) is 23.6 Å². The number of aromatic nitrogens is 2. The van der Waals surface area contributed by atoms with E-state index >= 15 is 0 Å². The largest absolute Gasteiger partial charge is 0.334 e. The van der Waals surface area contributed by atoms with Crippen molar-refractivity contribution >= 4 is 17.8 Å². The number of nitrogens with one attached hydrogen (secondary N) is 3. The van der Waals surface area contributed by atoms with Crippen LogP contribution in [-0.2, 0) is 24.4 Å². The lowest BCUT2D eigenvalue weighted by molar-refractivity contribution is -0.111. The van der Waals surface area contributed by atoms with Crippen LogP contribution in [0.25, 0.3) is 0 Å². The van der Waals surface area contributed by atoms with Crippen LogP contribution in [0, 0.1) is 11.8 Å². The quantitative estimate of drug-likeness (QED) is 0.606. The molecule has 7 heteroatoms. The van der Waals surface area contributed by atoms with Gasteiger partial charge in [0.2, 0.25) is 0 Å². The van der Waals surface area contributed by atoms with Crippen molar-refractivity contribution in [2.45, 2.75) is 19.6 Å². The summed E-state index contributed by atoms with van der Waals surface area (Å²) in [7, 11) is 0. The number of anilines is 1. The summed E-state index contributed by atoms with van der Waals surface area (Å²) >= 11 is 0. The van der Waals surface area contributed by atoms with Crippen molar-refractivity contribution in [3.8, 4) is 11.8 Å². The van der Waals surface area contributed by atoms with E-state index in [0.29, 0.717) is 25.5 Å². The van der Waals surface area contributed by atoms with Crippen LogP contribution < -0.4 is 10.6 Å². The lowest BCUT2D eigenvalue weighted by atomic mass is 10.2. The third-order valence-electron chi connectivity index (χ3n) is 4.55. The Kier molecular flexibility index (Phi) is 5.25. The zero-order chi connectivity index (χ0) is 20.1. The number of carbonyl (C=O) groups is 2. The first-order valence-electron chi connectivity index (χ1n) is 9.20. The van der Waals surface area contributed by atoms with Crippen LogP contribution in [0.5, 0.6) is 0 Å². The second-order valence-corrected chi connectivity index (χ2v) is 6.60. The van der Waals surface area contributed by atoms with Gasteiger partial charge in [0.15, 0.2) is 5.82 Å². The zero-order valence-corrected chi connectivity index (χ0v) is 15.6. The van der Waals surface area contributed by atoms with Gasteiger partial charge in [-0.3, -0.25) is 15.2 Å². The van der Waals surface area contributed by atoms with E-state index in [0.717, 1.165) is 22.4 Å². The monoisotopic (exact) mass is 385 g/mol. The van der Waals surface area contributed by atoms with Crippen molar-refractivity contribution in [2.24, 2.45) is 0 Å². The molecule has 0 saturated heterocycles. The lowest BCUT2D eigenvalue weighted by Gasteiger charge is -2.16. The molecule has 29 heavy (non-hydrogen) atoms. The SMILES string of the molecule is O=C(C#Cc1ccccc1)Nc1n[nH]c2c1CN(C(=O)NCc1ccccc1)C2. The zero-order valence-electron chi connectivity index (χ0n) is 15.6. The summed E-state index contributed by atoms with van der Waals surface area (Å²) in [5.41, 5.74) is 3.40. The first kappa shape index (κ1) is 18.3. The maximum Gasteiger partial charge on any atom is 0.318 e. The van der Waals surface area contributed by atoms with E-state index in [1.165, 1.54) is 0 Å². The Morgan fingerprint density at radius 1 is 1.03 bits per heavy atom. The molecule has 4 rings (SSSR count). The van der Waals surface area contributed by atoms with Gasteiger partial charge < -0.3 is 10.2 Å². The van der Waals surface area contributed by atoms with Gasteiger partial charge in [-0.05, 0) is 17.7 Å². The molecule has 0 radical (unpaired) electrons. The molecular formula is C22H19N5O2. The first-order chi connectivity index (χ1) is 14.2. The van der Waals surface area contributed by atoms with E-state index in [9.17, 15) is 9.59 Å². The van der Waals surface area contributed by atoms with Crippen molar-refractivity contribution in [2.75, 3.05) is 5.32 Å². The first-order valence-corrected chi connectivity index (χ1v) is 9.20. The van der Waals surface area contributed by atoms with E-state index < -0.39 is 5.91 Å². The Morgan fingerprint density at radius 2 is 1.76 bits per heavy atom. The molecule has 0 spiro atoms. The van der Waals surface area contributed by atoms with Gasteiger partial charge in [0.25, 0.3) is 0 Å². The van der Waals surface area contributed by atoms with Crippen molar-refractivity contribution < 1.29 is 9.59 Å². The fraction of sp³-hybridized carbons (Fsp3) is 0.136. The molecule has 0 aliphatic carbocycles. The fourth-order valence-corrected chi connectivity index (χ4v) is 3.06. The van der Waals surface area contributed by atoms with Crippen LogP contribution in [0.1, 0.15) is 22.4 Å². The summed E-state index contributed by atoms with van der Waals surface area (Å²) in [6, 6.07) is 18.8. The van der Waals surface area contributed by atoms with E-state index in [-0.39, 0.29) is 6.03 Å². The molecule has 7 nitrogen and oxygen atoms in total. The second kappa shape index (κ2) is 8.31. The molecule has 0 atom stereocenters. The van der Waals surface area contributed by atoms with E-state index in [1.54, 1.807) is 4.90 Å². The fourth-order valence-electron chi connectivity index (χ4n) is 3.06. The highest BCUT2D eigenvalue weighted by Gasteiger charge is 2.28. The summed E-state index contributed by atoms with van der Waals surface area (Å²) in [5.74, 6) is 5.32. The van der Waals surface area contributed by atoms with Gasteiger partial charge in [-0.2, -0.15) is 5.10 Å². The van der Waals surface area contributed by atoms with E-state index in [2.05, 4.69) is 32.7 Å². The van der Waals surface area contributed by atoms with Gasteiger partial charge in [-0.25, -0.2) is 4.79 Å². The summed E-state index contributed by atoms with van der Waals surface area (Å²) < 4.78 is 0. The molecule has 1 aliphatic rings. The van der Waals surface area contributed by atoms with Crippen LogP contribution >= 0.6 is 0 Å². The Hall–Kier alpha value is -4.05. The lowest BCUT2D eigenvalue weighted by Crippen LogP contribution is -2.36. The second-order valence-electron chi connectivity index (χ2n) is 6.60. The average molecular weight is 385 g/mol. The predicted molar refractivity (Wildman–Crippen MR) is 108 cm³/mol. The predicted octanol–water partition coefficient (Wildman–Crippen LogP) is 2.63. The number of hydrogen-bond acceptors (Lipinski definition) is 3. The molecule has 1 aromatic heterocycles. The van der Waals surface area contributed by atoms with Gasteiger partial charge in [0.05, 0.1) is 18.8 Å². The number of aromatic amines is 1. The number of hydrogen-bond donors (Lipinski definition) is 3. The summed E-state index contributed by atoms with van der Waals surface area (Å²) in [6.45, 7) is 1.24. The highest BCUT2D eigenvalue weighted by Crippen LogP contribution is 2.27. The van der Waals surface area contributed by atoms with Crippen LogP contribution in [0.15, 0.2) is 60.7 Å². The summed E-state index contributed by atoms with van der Waals surface area (Å²) in [4.78, 5) is 26.2. The van der Waals surface area contributed by atoms with Crippen molar-refractivity contribution in [3.05, 3.63) is 83.0 Å². The summed E-state index contributed by atoms with van der Waals surface area (Å²) in [5, 5.41) is 12.6. The third kappa shape index (κ3) is 4.45. The van der Waals surface area contributed by atoms with Crippen LogP contribution in [-0.4, -0.2) is 27.0 Å². The minimum absolute atomic E-state index is 0.167. The van der Waals surface area contributed by atoms with Gasteiger partial charge >= 0.3 is 11.9 Å². The Morgan fingerprint density at radius 3 is 2.52 bits per heavy atom. The molecule has 3 amide bonds. The summed E-state index contributed by atoms with van der Waals surface area (Å²) in [6.07, 6.45) is 0. The number of fused-ring (bicyclic) bond motifs is 1. The minimum Gasteiger partial charge on any atom is -0.334 e. The Labute approximate surface area is 168 Å². The molecule has 144 valence electrons. The Balaban J connectivity index is 1.35. The number of carbonyl (C=O) groups excluding carboxylic acids is 2. The molecule has 0 unspecified atom stereocenters. The molecule has 2 heterocycles. The molecule has 0 bridgehead atoms.